The number of imide groups is 1. The maximum Gasteiger partial charge on any atom is 0.344 e. The first-order valence-corrected chi connectivity index (χ1v) is 7.98. The Morgan fingerprint density at radius 2 is 1.96 bits per heavy atom. The van der Waals surface area contributed by atoms with Crippen molar-refractivity contribution in [3.05, 3.63) is 36.4 Å². The van der Waals surface area contributed by atoms with Crippen LogP contribution in [-0.4, -0.2) is 37.7 Å². The summed E-state index contributed by atoms with van der Waals surface area (Å²) in [5, 5.41) is 1.89. The Kier molecular flexibility index (Phi) is 8.14. The predicted octanol–water partition coefficient (Wildman–Crippen LogP) is 1.57. The highest BCUT2D eigenvalue weighted by Gasteiger charge is 2.27. The number of benzene rings is 1. The largest absolute Gasteiger partial charge is 0.493 e. The number of rotatable bonds is 9. The second-order valence-corrected chi connectivity index (χ2v) is 5.77. The van der Waals surface area contributed by atoms with Crippen molar-refractivity contribution in [2.75, 3.05) is 13.7 Å². The molecular formula is C18H24N2O6. The van der Waals surface area contributed by atoms with Gasteiger partial charge in [0.05, 0.1) is 7.11 Å². The number of carbonyl (C=O) groups excluding carboxylic acids is 3. The molecular weight excluding hydrogens is 340 g/mol. The number of primary amides is 1. The van der Waals surface area contributed by atoms with Crippen LogP contribution in [0.2, 0.25) is 0 Å². The van der Waals surface area contributed by atoms with E-state index in [-0.39, 0.29) is 5.92 Å². The Morgan fingerprint density at radius 1 is 1.27 bits per heavy atom. The molecule has 26 heavy (non-hydrogen) atoms. The number of hydrogen-bond donors (Lipinski definition) is 2. The molecule has 0 aliphatic heterocycles. The average molecular weight is 364 g/mol. The van der Waals surface area contributed by atoms with Crippen LogP contribution in [-0.2, 0) is 20.7 Å². The zero-order chi connectivity index (χ0) is 19.7. The summed E-state index contributed by atoms with van der Waals surface area (Å²) in [5.74, 6) is -1.08. The Bertz CT molecular complexity index is 672. The number of esters is 1. The molecule has 1 aromatic carbocycles. The summed E-state index contributed by atoms with van der Waals surface area (Å²) in [4.78, 5) is 34.6. The summed E-state index contributed by atoms with van der Waals surface area (Å²) in [6.45, 7) is 6.58. The van der Waals surface area contributed by atoms with Gasteiger partial charge in [-0.1, -0.05) is 26.0 Å². The van der Waals surface area contributed by atoms with Crippen LogP contribution in [0.3, 0.4) is 0 Å². The van der Waals surface area contributed by atoms with Crippen molar-refractivity contribution in [2.45, 2.75) is 26.4 Å². The lowest BCUT2D eigenvalue weighted by Crippen LogP contribution is -2.46. The van der Waals surface area contributed by atoms with Gasteiger partial charge in [-0.3, -0.25) is 10.1 Å². The number of hydrogen-bond acceptors (Lipinski definition) is 6. The molecule has 3 amide bonds. The minimum absolute atomic E-state index is 0.356. The van der Waals surface area contributed by atoms with Crippen molar-refractivity contribution in [1.82, 2.24) is 5.32 Å². The molecule has 142 valence electrons. The second-order valence-electron chi connectivity index (χ2n) is 5.77. The molecule has 1 atom stereocenters. The molecule has 0 aliphatic rings. The van der Waals surface area contributed by atoms with Crippen molar-refractivity contribution in [3.63, 3.8) is 0 Å². The van der Waals surface area contributed by atoms with Crippen LogP contribution in [0.4, 0.5) is 4.79 Å². The van der Waals surface area contributed by atoms with Gasteiger partial charge in [0.1, 0.15) is 0 Å². The Labute approximate surface area is 152 Å². The average Bonchev–Trinajstić information content (AvgIpc) is 2.57. The summed E-state index contributed by atoms with van der Waals surface area (Å²) in [6, 6.07) is 4.25. The van der Waals surface area contributed by atoms with Crippen LogP contribution in [0.5, 0.6) is 11.5 Å². The smallest absolute Gasteiger partial charge is 0.344 e. The van der Waals surface area contributed by atoms with Gasteiger partial charge in [0.25, 0.3) is 5.91 Å². The molecule has 0 heterocycles. The van der Waals surface area contributed by atoms with Gasteiger partial charge in [0.2, 0.25) is 0 Å². The summed E-state index contributed by atoms with van der Waals surface area (Å²) >= 11 is 0. The maximum atomic E-state index is 12.0. The molecule has 0 bridgehead atoms. The highest BCUT2D eigenvalue weighted by atomic mass is 16.6. The van der Waals surface area contributed by atoms with E-state index < -0.39 is 30.6 Å². The lowest BCUT2D eigenvalue weighted by Gasteiger charge is -2.20. The number of methoxy groups -OCH3 is 1. The SMILES string of the molecule is C=CCc1ccc(OCC(=O)O[C@H](C(=O)NC(N)=O)C(C)C)c(OC)c1. The van der Waals surface area contributed by atoms with E-state index in [4.69, 9.17) is 19.9 Å². The van der Waals surface area contributed by atoms with Gasteiger partial charge in [-0.2, -0.15) is 0 Å². The standard InChI is InChI=1S/C18H24N2O6/c1-5-6-12-7-8-13(14(9-12)24-4)25-10-15(21)26-16(11(2)3)17(22)20-18(19)23/h5,7-9,11,16H,1,6,10H2,2-4H3,(H3,19,20,22,23)/t16-/m0/s1. The minimum Gasteiger partial charge on any atom is -0.493 e. The van der Waals surface area contributed by atoms with Crippen molar-refractivity contribution in [1.29, 1.82) is 0 Å². The molecule has 0 unspecified atom stereocenters. The van der Waals surface area contributed by atoms with Crippen molar-refractivity contribution >= 4 is 17.9 Å². The van der Waals surface area contributed by atoms with Gasteiger partial charge in [0.15, 0.2) is 24.2 Å². The van der Waals surface area contributed by atoms with Crippen molar-refractivity contribution in [2.24, 2.45) is 11.7 Å². The van der Waals surface area contributed by atoms with E-state index in [0.717, 1.165) is 5.56 Å². The number of nitrogens with one attached hydrogen (secondary N) is 1. The fourth-order valence-corrected chi connectivity index (χ4v) is 2.12. The van der Waals surface area contributed by atoms with Gasteiger partial charge < -0.3 is 19.9 Å². The van der Waals surface area contributed by atoms with Crippen LogP contribution >= 0.6 is 0 Å². The summed E-state index contributed by atoms with van der Waals surface area (Å²) in [5.41, 5.74) is 5.89. The molecule has 0 aromatic heterocycles. The van der Waals surface area contributed by atoms with E-state index in [0.29, 0.717) is 17.9 Å². The molecule has 0 fully saturated rings. The van der Waals surface area contributed by atoms with E-state index in [1.807, 2.05) is 11.4 Å². The second kappa shape index (κ2) is 10.1. The number of carbonyl (C=O) groups is 3. The monoisotopic (exact) mass is 364 g/mol. The molecule has 0 spiro atoms. The highest BCUT2D eigenvalue weighted by Crippen LogP contribution is 2.28. The molecule has 3 N–H and O–H groups in total. The van der Waals surface area contributed by atoms with Crippen LogP contribution in [0.15, 0.2) is 30.9 Å². The van der Waals surface area contributed by atoms with Crippen molar-refractivity contribution in [3.8, 4) is 11.5 Å². The fraction of sp³-hybridized carbons (Fsp3) is 0.389. The zero-order valence-electron chi connectivity index (χ0n) is 15.1. The van der Waals surface area contributed by atoms with Crippen LogP contribution in [0.1, 0.15) is 19.4 Å². The van der Waals surface area contributed by atoms with Gasteiger partial charge in [0, 0.05) is 0 Å². The number of amides is 3. The molecule has 0 radical (unpaired) electrons. The molecule has 1 aromatic rings. The van der Waals surface area contributed by atoms with E-state index in [2.05, 4.69) is 6.58 Å². The lowest BCUT2D eigenvalue weighted by molar-refractivity contribution is -0.160. The third kappa shape index (κ3) is 6.46. The first-order chi connectivity index (χ1) is 12.3. The van der Waals surface area contributed by atoms with E-state index in [1.165, 1.54) is 7.11 Å². The van der Waals surface area contributed by atoms with Crippen LogP contribution < -0.4 is 20.5 Å². The highest BCUT2D eigenvalue weighted by molar-refractivity contribution is 5.96. The normalized spacial score (nSPS) is 11.4. The summed E-state index contributed by atoms with van der Waals surface area (Å²) in [6.07, 6.45) is 1.27. The topological polar surface area (TPSA) is 117 Å². The molecule has 0 saturated heterocycles. The van der Waals surface area contributed by atoms with Gasteiger partial charge in [-0.05, 0) is 30.0 Å². The third-order valence-corrected chi connectivity index (χ3v) is 3.32. The Hall–Kier alpha value is -3.03. The number of ether oxygens (including phenoxy) is 3. The zero-order valence-corrected chi connectivity index (χ0v) is 15.1. The first-order valence-electron chi connectivity index (χ1n) is 7.98. The van der Waals surface area contributed by atoms with Crippen LogP contribution in [0.25, 0.3) is 0 Å². The summed E-state index contributed by atoms with van der Waals surface area (Å²) in [7, 11) is 1.49. The Morgan fingerprint density at radius 3 is 2.50 bits per heavy atom. The number of allylic oxidation sites excluding steroid dienone is 1. The fourth-order valence-electron chi connectivity index (χ4n) is 2.12. The lowest BCUT2D eigenvalue weighted by atomic mass is 10.1. The molecule has 0 saturated carbocycles. The van der Waals surface area contributed by atoms with E-state index in [9.17, 15) is 14.4 Å². The maximum absolute atomic E-state index is 12.0. The van der Waals surface area contributed by atoms with E-state index >= 15 is 0 Å². The Balaban J connectivity index is 2.71. The molecule has 0 aliphatic carbocycles. The quantitative estimate of drug-likeness (QED) is 0.507. The van der Waals surface area contributed by atoms with E-state index in [1.54, 1.807) is 32.1 Å². The summed E-state index contributed by atoms with van der Waals surface area (Å²) < 4.78 is 15.7. The molecule has 8 nitrogen and oxygen atoms in total. The third-order valence-electron chi connectivity index (χ3n) is 3.32. The van der Waals surface area contributed by atoms with Gasteiger partial charge in [-0.15, -0.1) is 6.58 Å². The molecule has 8 heteroatoms. The van der Waals surface area contributed by atoms with Gasteiger partial charge in [-0.25, -0.2) is 9.59 Å². The van der Waals surface area contributed by atoms with Crippen molar-refractivity contribution < 1.29 is 28.6 Å². The van der Waals surface area contributed by atoms with Gasteiger partial charge >= 0.3 is 12.0 Å². The predicted molar refractivity (Wildman–Crippen MR) is 94.8 cm³/mol. The van der Waals surface area contributed by atoms with Crippen LogP contribution in [0, 0.1) is 5.92 Å². The number of nitrogens with two attached hydrogens (primary N) is 1. The molecule has 1 rings (SSSR count). The minimum atomic E-state index is -1.16. The first kappa shape index (κ1) is 21.0. The number of urea groups is 1.